The zero-order valence-corrected chi connectivity index (χ0v) is 13.4. The molecule has 0 aromatic carbocycles. The van der Waals surface area contributed by atoms with Crippen molar-refractivity contribution in [2.45, 2.75) is 19.4 Å². The smallest absolute Gasteiger partial charge is 0.325 e. The summed E-state index contributed by atoms with van der Waals surface area (Å²) < 4.78 is 4.85. The van der Waals surface area contributed by atoms with Gasteiger partial charge in [0.2, 0.25) is 5.91 Å². The van der Waals surface area contributed by atoms with Crippen LogP contribution in [0.5, 0.6) is 0 Å². The summed E-state index contributed by atoms with van der Waals surface area (Å²) in [6, 6.07) is -0.330. The molecule has 8 nitrogen and oxygen atoms in total. The molecule has 2 saturated heterocycles. The van der Waals surface area contributed by atoms with Crippen molar-refractivity contribution >= 4 is 17.8 Å². The Hall–Kier alpha value is -1.67. The van der Waals surface area contributed by atoms with Gasteiger partial charge in [-0.2, -0.15) is 0 Å². The number of hydrogen-bond donors (Lipinski definition) is 1. The average Bonchev–Trinajstić information content (AvgIpc) is 2.66. The Balaban J connectivity index is 1.77. The summed E-state index contributed by atoms with van der Waals surface area (Å²) in [5, 5.41) is 2.67. The topological polar surface area (TPSA) is 82.2 Å². The fraction of sp³-hybridized carbons (Fsp3) is 0.786. The molecule has 0 atom stereocenters. The number of carbonyl (C=O) groups is 3. The molecule has 4 amide bonds. The Kier molecular flexibility index (Phi) is 5.02. The van der Waals surface area contributed by atoms with E-state index in [-0.39, 0.29) is 24.5 Å². The van der Waals surface area contributed by atoms with Crippen molar-refractivity contribution in [3.05, 3.63) is 0 Å². The van der Waals surface area contributed by atoms with Crippen LogP contribution in [0.15, 0.2) is 0 Å². The van der Waals surface area contributed by atoms with Gasteiger partial charge in [-0.3, -0.25) is 19.4 Å². The fourth-order valence-electron chi connectivity index (χ4n) is 2.70. The van der Waals surface area contributed by atoms with Gasteiger partial charge in [0, 0.05) is 46.4 Å². The van der Waals surface area contributed by atoms with Crippen molar-refractivity contribution < 1.29 is 19.1 Å². The van der Waals surface area contributed by atoms with E-state index in [2.05, 4.69) is 10.2 Å². The number of hydrogen-bond acceptors (Lipinski definition) is 5. The van der Waals surface area contributed by atoms with Crippen LogP contribution in [0.3, 0.4) is 0 Å². The fourth-order valence-corrected chi connectivity index (χ4v) is 2.70. The summed E-state index contributed by atoms with van der Waals surface area (Å²) in [6.45, 7) is 7.28. The van der Waals surface area contributed by atoms with Gasteiger partial charge >= 0.3 is 6.03 Å². The molecule has 22 heavy (non-hydrogen) atoms. The number of nitrogens with zero attached hydrogens (tertiary/aromatic N) is 3. The molecule has 1 N–H and O–H groups in total. The summed E-state index contributed by atoms with van der Waals surface area (Å²) in [5.74, 6) is -0.190. The molecule has 0 radical (unpaired) electrons. The van der Waals surface area contributed by atoms with Crippen LogP contribution in [0.25, 0.3) is 0 Å². The quantitative estimate of drug-likeness (QED) is 0.666. The first-order chi connectivity index (χ1) is 10.3. The maximum atomic E-state index is 12.1. The van der Waals surface area contributed by atoms with Gasteiger partial charge in [-0.05, 0) is 13.8 Å². The van der Waals surface area contributed by atoms with Crippen molar-refractivity contribution in [1.29, 1.82) is 0 Å². The Labute approximate surface area is 130 Å². The molecule has 0 aliphatic carbocycles. The third-order valence-corrected chi connectivity index (χ3v) is 4.08. The monoisotopic (exact) mass is 312 g/mol. The minimum Gasteiger partial charge on any atom is -0.375 e. The normalized spacial score (nSPS) is 22.1. The molecule has 0 spiro atoms. The number of piperazine rings is 1. The molecule has 2 rings (SSSR count). The molecular weight excluding hydrogens is 288 g/mol. The molecular formula is C14H24N4O4. The van der Waals surface area contributed by atoms with Crippen LogP contribution in [-0.4, -0.2) is 91.1 Å². The van der Waals surface area contributed by atoms with Gasteiger partial charge < -0.3 is 15.0 Å². The van der Waals surface area contributed by atoms with E-state index in [9.17, 15) is 14.4 Å². The van der Waals surface area contributed by atoms with E-state index in [0.29, 0.717) is 26.2 Å². The van der Waals surface area contributed by atoms with Gasteiger partial charge in [0.1, 0.15) is 12.1 Å². The molecule has 0 aromatic heterocycles. The maximum absolute atomic E-state index is 12.1. The van der Waals surface area contributed by atoms with E-state index in [1.54, 1.807) is 18.7 Å². The van der Waals surface area contributed by atoms with Gasteiger partial charge in [-0.1, -0.05) is 0 Å². The third-order valence-electron chi connectivity index (χ3n) is 4.08. The number of nitrogens with one attached hydrogen (secondary N) is 1. The van der Waals surface area contributed by atoms with Crippen LogP contribution in [0.2, 0.25) is 0 Å². The third kappa shape index (κ3) is 3.56. The molecule has 2 aliphatic heterocycles. The summed E-state index contributed by atoms with van der Waals surface area (Å²) in [4.78, 5) is 40.8. The molecule has 0 aromatic rings. The lowest BCUT2D eigenvalue weighted by Crippen LogP contribution is -2.51. The number of methoxy groups -OCH3 is 1. The number of imide groups is 1. The largest absolute Gasteiger partial charge is 0.375 e. The molecule has 0 bridgehead atoms. The second kappa shape index (κ2) is 6.62. The van der Waals surface area contributed by atoms with Crippen LogP contribution < -0.4 is 5.32 Å². The molecule has 0 saturated carbocycles. The summed E-state index contributed by atoms with van der Waals surface area (Å²) in [7, 11) is 1.51. The number of urea groups is 1. The van der Waals surface area contributed by atoms with E-state index in [0.717, 1.165) is 13.1 Å². The first kappa shape index (κ1) is 16.7. The van der Waals surface area contributed by atoms with E-state index >= 15 is 0 Å². The minimum absolute atomic E-state index is 0.00185. The Morgan fingerprint density at radius 1 is 1.18 bits per heavy atom. The van der Waals surface area contributed by atoms with Crippen molar-refractivity contribution in [2.75, 3.05) is 53.0 Å². The molecule has 2 heterocycles. The van der Waals surface area contributed by atoms with Crippen molar-refractivity contribution in [2.24, 2.45) is 0 Å². The average molecular weight is 312 g/mol. The van der Waals surface area contributed by atoms with Gasteiger partial charge in [0.15, 0.2) is 0 Å². The number of carbonyl (C=O) groups excluding carboxylic acids is 3. The van der Waals surface area contributed by atoms with Gasteiger partial charge in [-0.15, -0.1) is 0 Å². The Bertz CT molecular complexity index is 458. The van der Waals surface area contributed by atoms with Crippen LogP contribution in [0, 0.1) is 0 Å². The van der Waals surface area contributed by atoms with Crippen molar-refractivity contribution in [3.63, 3.8) is 0 Å². The van der Waals surface area contributed by atoms with E-state index in [4.69, 9.17) is 4.74 Å². The summed E-state index contributed by atoms with van der Waals surface area (Å²) in [5.41, 5.74) is -0.817. The van der Waals surface area contributed by atoms with Crippen LogP contribution in [0.4, 0.5) is 4.79 Å². The maximum Gasteiger partial charge on any atom is 0.325 e. The highest BCUT2D eigenvalue weighted by atomic mass is 16.5. The summed E-state index contributed by atoms with van der Waals surface area (Å²) >= 11 is 0. The second-order valence-electron chi connectivity index (χ2n) is 6.17. The van der Waals surface area contributed by atoms with Crippen LogP contribution in [-0.2, 0) is 14.3 Å². The minimum atomic E-state index is -0.817. The standard InChI is InChI=1S/C14H24N4O4/c1-14(2)12(20)18(13(21)15-14)9-6-16-4-7-17(8-5-16)11(19)10-22-3/h4-10H2,1-3H3,(H,15,21). The zero-order chi connectivity index (χ0) is 16.3. The molecule has 2 fully saturated rings. The number of rotatable bonds is 5. The highest BCUT2D eigenvalue weighted by Crippen LogP contribution is 2.16. The van der Waals surface area contributed by atoms with Gasteiger partial charge in [-0.25, -0.2) is 4.79 Å². The zero-order valence-electron chi connectivity index (χ0n) is 13.4. The Morgan fingerprint density at radius 3 is 2.32 bits per heavy atom. The molecule has 124 valence electrons. The molecule has 2 aliphatic rings. The highest BCUT2D eigenvalue weighted by Gasteiger charge is 2.44. The predicted molar refractivity (Wildman–Crippen MR) is 79.2 cm³/mol. The second-order valence-corrected chi connectivity index (χ2v) is 6.17. The molecule has 0 unspecified atom stereocenters. The van der Waals surface area contributed by atoms with Gasteiger partial charge in [0.25, 0.3) is 5.91 Å². The first-order valence-corrected chi connectivity index (χ1v) is 7.48. The van der Waals surface area contributed by atoms with Crippen molar-refractivity contribution in [3.8, 4) is 0 Å². The van der Waals surface area contributed by atoms with Crippen molar-refractivity contribution in [1.82, 2.24) is 20.0 Å². The van der Waals surface area contributed by atoms with Crippen LogP contribution >= 0.6 is 0 Å². The lowest BCUT2D eigenvalue weighted by molar-refractivity contribution is -0.136. The van der Waals surface area contributed by atoms with E-state index in [1.807, 2.05) is 0 Å². The Morgan fingerprint density at radius 2 is 1.82 bits per heavy atom. The van der Waals surface area contributed by atoms with E-state index in [1.165, 1.54) is 12.0 Å². The highest BCUT2D eigenvalue weighted by molar-refractivity contribution is 6.06. The number of ether oxygens (including phenoxy) is 1. The van der Waals surface area contributed by atoms with E-state index < -0.39 is 5.54 Å². The van der Waals surface area contributed by atoms with Crippen LogP contribution in [0.1, 0.15) is 13.8 Å². The summed E-state index contributed by atoms with van der Waals surface area (Å²) in [6.07, 6.45) is 0. The lowest BCUT2D eigenvalue weighted by Gasteiger charge is -2.35. The lowest BCUT2D eigenvalue weighted by atomic mass is 10.1. The predicted octanol–water partition coefficient (Wildman–Crippen LogP) is -0.893. The molecule has 8 heteroatoms. The van der Waals surface area contributed by atoms with Gasteiger partial charge in [0.05, 0.1) is 0 Å². The number of amides is 4. The SMILES string of the molecule is COCC(=O)N1CCN(CCN2C(=O)NC(C)(C)C2=O)CC1. The first-order valence-electron chi connectivity index (χ1n) is 7.48.